The molecule has 0 aliphatic heterocycles. The Morgan fingerprint density at radius 1 is 1.59 bits per heavy atom. The standard InChI is InChI=1S/C11H12N4OS/c1-2-10-13-14-11(17)15(10)12-7-8-4-3-5-9(16)6-8/h3-7,16H,2H2,1H3,(H,14,17). The summed E-state index contributed by atoms with van der Waals surface area (Å²) in [5, 5.41) is 20.3. The maximum atomic E-state index is 9.32. The first-order valence-corrected chi connectivity index (χ1v) is 5.61. The molecule has 2 aromatic rings. The van der Waals surface area contributed by atoms with Crippen LogP contribution in [0.5, 0.6) is 5.75 Å². The van der Waals surface area contributed by atoms with E-state index >= 15 is 0 Å². The van der Waals surface area contributed by atoms with E-state index in [1.807, 2.05) is 13.0 Å². The molecule has 6 heteroatoms. The first-order chi connectivity index (χ1) is 8.20. The maximum Gasteiger partial charge on any atom is 0.216 e. The first-order valence-electron chi connectivity index (χ1n) is 5.20. The Labute approximate surface area is 103 Å². The number of H-pyrrole nitrogens is 1. The Hall–Kier alpha value is -1.95. The molecule has 0 atom stereocenters. The molecule has 0 saturated heterocycles. The molecule has 0 bridgehead atoms. The van der Waals surface area contributed by atoms with Gasteiger partial charge in [-0.25, -0.2) is 0 Å². The summed E-state index contributed by atoms with van der Waals surface area (Å²) < 4.78 is 2.03. The lowest BCUT2D eigenvalue weighted by Crippen LogP contribution is -1.97. The van der Waals surface area contributed by atoms with Gasteiger partial charge in [-0.3, -0.25) is 5.10 Å². The summed E-state index contributed by atoms with van der Waals surface area (Å²) in [4.78, 5) is 0. The summed E-state index contributed by atoms with van der Waals surface area (Å²) in [5.41, 5.74) is 0.801. The molecule has 0 amide bonds. The van der Waals surface area contributed by atoms with E-state index in [2.05, 4.69) is 15.3 Å². The number of hydrogen-bond acceptors (Lipinski definition) is 4. The molecule has 2 rings (SSSR count). The zero-order chi connectivity index (χ0) is 12.3. The van der Waals surface area contributed by atoms with Crippen molar-refractivity contribution in [3.63, 3.8) is 0 Å². The number of aromatic hydroxyl groups is 1. The van der Waals surface area contributed by atoms with E-state index in [0.29, 0.717) is 4.77 Å². The van der Waals surface area contributed by atoms with Crippen LogP contribution in [-0.4, -0.2) is 26.2 Å². The van der Waals surface area contributed by atoms with E-state index in [0.717, 1.165) is 17.8 Å². The molecule has 17 heavy (non-hydrogen) atoms. The molecule has 2 N–H and O–H groups in total. The summed E-state index contributed by atoms with van der Waals surface area (Å²) in [6.45, 7) is 1.98. The molecule has 0 spiro atoms. The molecule has 0 unspecified atom stereocenters. The summed E-state index contributed by atoms with van der Waals surface area (Å²) >= 11 is 5.06. The van der Waals surface area contributed by atoms with E-state index in [9.17, 15) is 5.11 Å². The molecule has 0 aliphatic rings. The van der Waals surface area contributed by atoms with Crippen molar-refractivity contribution in [3.05, 3.63) is 40.4 Å². The van der Waals surface area contributed by atoms with Crippen LogP contribution in [-0.2, 0) is 6.42 Å². The van der Waals surface area contributed by atoms with Gasteiger partial charge in [0.25, 0.3) is 0 Å². The maximum absolute atomic E-state index is 9.32. The number of nitrogens with one attached hydrogen (secondary N) is 1. The number of benzene rings is 1. The summed E-state index contributed by atoms with van der Waals surface area (Å²) in [6.07, 6.45) is 2.37. The molecule has 0 saturated carbocycles. The summed E-state index contributed by atoms with van der Waals surface area (Å²) in [6, 6.07) is 6.84. The largest absolute Gasteiger partial charge is 0.508 e. The highest BCUT2D eigenvalue weighted by molar-refractivity contribution is 7.71. The van der Waals surface area contributed by atoms with Crippen molar-refractivity contribution in [1.82, 2.24) is 14.9 Å². The Balaban J connectivity index is 2.32. The van der Waals surface area contributed by atoms with Crippen molar-refractivity contribution in [2.75, 3.05) is 0 Å². The van der Waals surface area contributed by atoms with Crippen LogP contribution in [0.3, 0.4) is 0 Å². The van der Waals surface area contributed by atoms with Gasteiger partial charge in [0.15, 0.2) is 5.82 Å². The van der Waals surface area contributed by atoms with Gasteiger partial charge in [-0.05, 0) is 29.9 Å². The minimum absolute atomic E-state index is 0.209. The number of aryl methyl sites for hydroxylation is 1. The fourth-order valence-corrected chi connectivity index (χ4v) is 1.60. The molecule has 0 fully saturated rings. The van der Waals surface area contributed by atoms with Gasteiger partial charge in [0.2, 0.25) is 4.77 Å². The second kappa shape index (κ2) is 4.92. The zero-order valence-corrected chi connectivity index (χ0v) is 10.1. The Morgan fingerprint density at radius 2 is 2.41 bits per heavy atom. The van der Waals surface area contributed by atoms with Crippen molar-refractivity contribution in [1.29, 1.82) is 0 Å². The van der Waals surface area contributed by atoms with Crippen molar-refractivity contribution >= 4 is 18.4 Å². The fourth-order valence-electron chi connectivity index (χ4n) is 1.40. The van der Waals surface area contributed by atoms with Gasteiger partial charge in [-0.2, -0.15) is 14.9 Å². The monoisotopic (exact) mass is 248 g/mol. The molecule has 5 nitrogen and oxygen atoms in total. The van der Waals surface area contributed by atoms with Crippen LogP contribution in [0.25, 0.3) is 0 Å². The quantitative estimate of drug-likeness (QED) is 0.645. The van der Waals surface area contributed by atoms with E-state index in [1.54, 1.807) is 29.1 Å². The van der Waals surface area contributed by atoms with E-state index in [1.165, 1.54) is 0 Å². The second-order valence-corrected chi connectivity index (χ2v) is 3.84. The van der Waals surface area contributed by atoms with Gasteiger partial charge in [0.1, 0.15) is 5.75 Å². The molecular weight excluding hydrogens is 236 g/mol. The number of phenols is 1. The second-order valence-electron chi connectivity index (χ2n) is 3.45. The van der Waals surface area contributed by atoms with Gasteiger partial charge in [-0.1, -0.05) is 19.1 Å². The van der Waals surface area contributed by atoms with E-state index in [-0.39, 0.29) is 5.75 Å². The lowest BCUT2D eigenvalue weighted by atomic mass is 10.2. The summed E-state index contributed by atoms with van der Waals surface area (Å²) in [7, 11) is 0. The smallest absolute Gasteiger partial charge is 0.216 e. The molecule has 88 valence electrons. The van der Waals surface area contributed by atoms with Crippen LogP contribution in [0, 0.1) is 4.77 Å². The van der Waals surface area contributed by atoms with Crippen molar-refractivity contribution in [3.8, 4) is 5.75 Å². The number of phenolic OH excluding ortho intramolecular Hbond substituents is 1. The number of rotatable bonds is 3. The molecule has 0 radical (unpaired) electrons. The van der Waals surface area contributed by atoms with E-state index in [4.69, 9.17) is 12.2 Å². The van der Waals surface area contributed by atoms with Crippen molar-refractivity contribution < 1.29 is 5.11 Å². The highest BCUT2D eigenvalue weighted by atomic mass is 32.1. The van der Waals surface area contributed by atoms with Crippen LogP contribution >= 0.6 is 12.2 Å². The molecule has 1 aromatic carbocycles. The van der Waals surface area contributed by atoms with Gasteiger partial charge in [0.05, 0.1) is 6.21 Å². The topological polar surface area (TPSA) is 66.2 Å². The molecular formula is C11H12N4OS. The third-order valence-electron chi connectivity index (χ3n) is 2.23. The van der Waals surface area contributed by atoms with Gasteiger partial charge >= 0.3 is 0 Å². The third-order valence-corrected chi connectivity index (χ3v) is 2.49. The Kier molecular flexibility index (Phi) is 3.34. The van der Waals surface area contributed by atoms with E-state index < -0.39 is 0 Å². The minimum atomic E-state index is 0.209. The third kappa shape index (κ3) is 2.59. The molecule has 0 aliphatic carbocycles. The van der Waals surface area contributed by atoms with Crippen LogP contribution in [0.4, 0.5) is 0 Å². The average Bonchev–Trinajstić information content (AvgIpc) is 2.67. The molecule has 1 aromatic heterocycles. The van der Waals surface area contributed by atoms with Gasteiger partial charge in [-0.15, -0.1) is 0 Å². The fraction of sp³-hybridized carbons (Fsp3) is 0.182. The number of aromatic nitrogens is 3. The minimum Gasteiger partial charge on any atom is -0.508 e. The van der Waals surface area contributed by atoms with Gasteiger partial charge in [0, 0.05) is 6.42 Å². The SMILES string of the molecule is CCc1n[nH]c(=S)n1N=Cc1cccc(O)c1. The number of nitrogens with zero attached hydrogens (tertiary/aromatic N) is 3. The summed E-state index contributed by atoms with van der Waals surface area (Å²) in [5.74, 6) is 0.979. The first kappa shape index (κ1) is 11.5. The van der Waals surface area contributed by atoms with Crippen LogP contribution in [0.2, 0.25) is 0 Å². The predicted molar refractivity (Wildman–Crippen MR) is 67.9 cm³/mol. The Bertz CT molecular complexity index is 600. The highest BCUT2D eigenvalue weighted by Crippen LogP contribution is 2.09. The van der Waals surface area contributed by atoms with Crippen LogP contribution in [0.1, 0.15) is 18.3 Å². The molecule has 1 heterocycles. The normalized spacial score (nSPS) is 11.1. The van der Waals surface area contributed by atoms with Crippen molar-refractivity contribution in [2.45, 2.75) is 13.3 Å². The lowest BCUT2D eigenvalue weighted by Gasteiger charge is -1.97. The predicted octanol–water partition coefficient (Wildman–Crippen LogP) is 2.09. The average molecular weight is 248 g/mol. The zero-order valence-electron chi connectivity index (χ0n) is 9.29. The van der Waals surface area contributed by atoms with Gasteiger partial charge < -0.3 is 5.11 Å². The number of aromatic amines is 1. The Morgan fingerprint density at radius 3 is 3.12 bits per heavy atom. The lowest BCUT2D eigenvalue weighted by molar-refractivity contribution is 0.475. The van der Waals surface area contributed by atoms with Crippen LogP contribution < -0.4 is 0 Å². The number of hydrogen-bond donors (Lipinski definition) is 2. The van der Waals surface area contributed by atoms with Crippen molar-refractivity contribution in [2.24, 2.45) is 5.10 Å². The van der Waals surface area contributed by atoms with Crippen LogP contribution in [0.15, 0.2) is 29.4 Å². The highest BCUT2D eigenvalue weighted by Gasteiger charge is 2.00.